The number of hydrogen-bond acceptors (Lipinski definition) is 3. The van der Waals surface area contributed by atoms with Crippen LogP contribution >= 0.6 is 23.7 Å². The number of benzene rings is 1. The highest BCUT2D eigenvalue weighted by Gasteiger charge is 2.26. The van der Waals surface area contributed by atoms with Gasteiger partial charge in [-0.2, -0.15) is 0 Å². The average molecular weight is 325 g/mol. The van der Waals surface area contributed by atoms with Gasteiger partial charge in [-0.3, -0.25) is 4.79 Å². The third kappa shape index (κ3) is 3.23. The molecule has 0 bridgehead atoms. The fourth-order valence-electron chi connectivity index (χ4n) is 2.94. The smallest absolute Gasteiger partial charge is 0.255 e. The van der Waals surface area contributed by atoms with Crippen molar-refractivity contribution in [2.75, 3.05) is 13.1 Å². The van der Waals surface area contributed by atoms with Crippen molar-refractivity contribution in [3.8, 4) is 0 Å². The molecule has 1 saturated heterocycles. The van der Waals surface area contributed by atoms with E-state index in [-0.39, 0.29) is 24.4 Å². The third-order valence-corrected chi connectivity index (χ3v) is 5.25. The van der Waals surface area contributed by atoms with Gasteiger partial charge in [0.1, 0.15) is 0 Å². The number of halogens is 1. The van der Waals surface area contributed by atoms with Crippen molar-refractivity contribution in [3.05, 3.63) is 35.2 Å². The number of thiophene rings is 1. The second kappa shape index (κ2) is 6.77. The molecular weight excluding hydrogens is 304 g/mol. The quantitative estimate of drug-likeness (QED) is 0.918. The summed E-state index contributed by atoms with van der Waals surface area (Å²) in [4.78, 5) is 14.6. The molecule has 1 atom stereocenters. The Morgan fingerprint density at radius 2 is 2.00 bits per heavy atom. The summed E-state index contributed by atoms with van der Waals surface area (Å²) in [5.41, 5.74) is 6.81. The predicted octanol–water partition coefficient (Wildman–Crippen LogP) is 3.52. The normalized spacial score (nSPS) is 17.5. The third-order valence-electron chi connectivity index (χ3n) is 4.28. The van der Waals surface area contributed by atoms with Gasteiger partial charge >= 0.3 is 0 Å². The number of nitrogens with two attached hydrogens (primary N) is 1. The highest BCUT2D eigenvalue weighted by molar-refractivity contribution is 7.17. The van der Waals surface area contributed by atoms with E-state index in [9.17, 15) is 4.79 Å². The number of fused-ring (bicyclic) bond motifs is 1. The maximum absolute atomic E-state index is 12.7. The van der Waals surface area contributed by atoms with E-state index in [1.807, 2.05) is 28.5 Å². The van der Waals surface area contributed by atoms with Crippen LogP contribution in [0.5, 0.6) is 0 Å². The molecule has 1 aromatic heterocycles. The second-order valence-corrected chi connectivity index (χ2v) is 6.55. The van der Waals surface area contributed by atoms with Crippen LogP contribution in [0.3, 0.4) is 0 Å². The lowest BCUT2D eigenvalue weighted by atomic mass is 9.90. The lowest BCUT2D eigenvalue weighted by molar-refractivity contribution is 0.0683. The number of amides is 1. The van der Waals surface area contributed by atoms with Gasteiger partial charge in [0.2, 0.25) is 0 Å². The molecule has 1 amide bonds. The molecule has 0 saturated carbocycles. The van der Waals surface area contributed by atoms with Gasteiger partial charge in [-0.1, -0.05) is 18.2 Å². The Morgan fingerprint density at radius 1 is 1.33 bits per heavy atom. The molecule has 1 aliphatic heterocycles. The number of piperidine rings is 1. The van der Waals surface area contributed by atoms with E-state index in [1.165, 1.54) is 4.70 Å². The lowest BCUT2D eigenvalue weighted by Crippen LogP contribution is -2.42. The van der Waals surface area contributed by atoms with Gasteiger partial charge in [0.15, 0.2) is 0 Å². The molecule has 114 valence electrons. The van der Waals surface area contributed by atoms with Crippen LogP contribution in [0.15, 0.2) is 29.6 Å². The van der Waals surface area contributed by atoms with Crippen LogP contribution in [0.2, 0.25) is 0 Å². The van der Waals surface area contributed by atoms with Gasteiger partial charge in [0.25, 0.3) is 5.91 Å². The van der Waals surface area contributed by atoms with Crippen LogP contribution in [-0.2, 0) is 0 Å². The molecule has 2 aromatic rings. The first-order chi connectivity index (χ1) is 9.66. The van der Waals surface area contributed by atoms with Crippen LogP contribution in [0.1, 0.15) is 30.1 Å². The van der Waals surface area contributed by atoms with Crippen LogP contribution in [0, 0.1) is 5.92 Å². The van der Waals surface area contributed by atoms with Crippen molar-refractivity contribution >= 4 is 39.7 Å². The Balaban J connectivity index is 0.00000161. The Labute approximate surface area is 135 Å². The summed E-state index contributed by atoms with van der Waals surface area (Å²) in [6, 6.07) is 8.34. The zero-order valence-electron chi connectivity index (χ0n) is 12.1. The van der Waals surface area contributed by atoms with Crippen LogP contribution in [0.25, 0.3) is 10.1 Å². The lowest BCUT2D eigenvalue weighted by Gasteiger charge is -2.33. The zero-order chi connectivity index (χ0) is 14.1. The summed E-state index contributed by atoms with van der Waals surface area (Å²) < 4.78 is 1.18. The summed E-state index contributed by atoms with van der Waals surface area (Å²) in [6.07, 6.45) is 2.04. The molecule has 1 aliphatic rings. The fraction of sp³-hybridized carbons (Fsp3) is 0.438. The molecule has 2 heterocycles. The molecule has 5 heteroatoms. The van der Waals surface area contributed by atoms with Gasteiger partial charge in [0, 0.05) is 34.6 Å². The van der Waals surface area contributed by atoms with Crippen molar-refractivity contribution in [2.45, 2.75) is 25.8 Å². The highest BCUT2D eigenvalue weighted by atomic mass is 35.5. The highest BCUT2D eigenvalue weighted by Crippen LogP contribution is 2.28. The molecule has 21 heavy (non-hydrogen) atoms. The second-order valence-electron chi connectivity index (χ2n) is 5.63. The van der Waals surface area contributed by atoms with E-state index < -0.39 is 0 Å². The van der Waals surface area contributed by atoms with E-state index in [0.717, 1.165) is 36.9 Å². The van der Waals surface area contributed by atoms with Gasteiger partial charge in [0.05, 0.1) is 5.56 Å². The van der Waals surface area contributed by atoms with Crippen molar-refractivity contribution in [1.29, 1.82) is 0 Å². The number of hydrogen-bond donors (Lipinski definition) is 1. The van der Waals surface area contributed by atoms with Crippen molar-refractivity contribution < 1.29 is 4.79 Å². The van der Waals surface area contributed by atoms with Gasteiger partial charge in [-0.15, -0.1) is 23.7 Å². The largest absolute Gasteiger partial charge is 0.339 e. The van der Waals surface area contributed by atoms with Gasteiger partial charge < -0.3 is 10.6 Å². The topological polar surface area (TPSA) is 46.3 Å². The standard InChI is InChI=1S/C16H20N2OS.ClH/c1-11(17)12-6-8-18(9-7-12)16(19)14-10-20-15-5-3-2-4-13(14)15;/h2-5,10-12H,6-9,17H2,1H3;1H. The number of rotatable bonds is 2. The van der Waals surface area contributed by atoms with Gasteiger partial charge in [-0.25, -0.2) is 0 Å². The van der Waals surface area contributed by atoms with Crippen LogP contribution in [-0.4, -0.2) is 29.9 Å². The maximum Gasteiger partial charge on any atom is 0.255 e. The molecule has 0 radical (unpaired) electrons. The Bertz CT molecular complexity index is 618. The molecule has 0 spiro atoms. The predicted molar refractivity (Wildman–Crippen MR) is 91.3 cm³/mol. The minimum absolute atomic E-state index is 0. The van der Waals surface area contributed by atoms with E-state index in [0.29, 0.717) is 5.92 Å². The average Bonchev–Trinajstić information content (AvgIpc) is 2.90. The first kappa shape index (κ1) is 16.3. The molecule has 0 aliphatic carbocycles. The number of carbonyl (C=O) groups is 1. The minimum Gasteiger partial charge on any atom is -0.339 e. The summed E-state index contributed by atoms with van der Waals surface area (Å²) >= 11 is 1.64. The molecular formula is C16H21ClN2OS. The summed E-state index contributed by atoms with van der Waals surface area (Å²) in [5, 5.41) is 3.07. The van der Waals surface area contributed by atoms with Crippen LogP contribution in [0.4, 0.5) is 0 Å². The number of carbonyl (C=O) groups excluding carboxylic acids is 1. The Kier molecular flexibility index (Phi) is 5.25. The Hall–Kier alpha value is -1.10. The molecule has 3 nitrogen and oxygen atoms in total. The fourth-order valence-corrected chi connectivity index (χ4v) is 3.88. The summed E-state index contributed by atoms with van der Waals surface area (Å²) in [6.45, 7) is 3.72. The summed E-state index contributed by atoms with van der Waals surface area (Å²) in [5.74, 6) is 0.726. The zero-order valence-corrected chi connectivity index (χ0v) is 13.8. The van der Waals surface area contributed by atoms with E-state index in [2.05, 4.69) is 13.0 Å². The number of likely N-dealkylation sites (tertiary alicyclic amines) is 1. The summed E-state index contributed by atoms with van der Waals surface area (Å²) in [7, 11) is 0. The van der Waals surface area contributed by atoms with E-state index >= 15 is 0 Å². The molecule has 1 aromatic carbocycles. The monoisotopic (exact) mass is 324 g/mol. The number of nitrogens with zero attached hydrogens (tertiary/aromatic N) is 1. The van der Waals surface area contributed by atoms with Gasteiger partial charge in [-0.05, 0) is 31.7 Å². The van der Waals surface area contributed by atoms with Crippen LogP contribution < -0.4 is 5.73 Å². The van der Waals surface area contributed by atoms with E-state index in [1.54, 1.807) is 11.3 Å². The SMILES string of the molecule is CC(N)C1CCN(C(=O)c2csc3ccccc23)CC1.Cl. The van der Waals surface area contributed by atoms with Crippen molar-refractivity contribution in [2.24, 2.45) is 11.7 Å². The minimum atomic E-state index is 0. The van der Waals surface area contributed by atoms with Crippen molar-refractivity contribution in [3.63, 3.8) is 0 Å². The first-order valence-electron chi connectivity index (χ1n) is 7.18. The van der Waals surface area contributed by atoms with E-state index in [4.69, 9.17) is 5.73 Å². The molecule has 2 N–H and O–H groups in total. The Morgan fingerprint density at radius 3 is 2.67 bits per heavy atom. The molecule has 1 fully saturated rings. The first-order valence-corrected chi connectivity index (χ1v) is 8.06. The molecule has 3 rings (SSSR count). The molecule has 1 unspecified atom stereocenters. The maximum atomic E-state index is 12.7. The van der Waals surface area contributed by atoms with Crippen molar-refractivity contribution in [1.82, 2.24) is 4.90 Å².